The lowest BCUT2D eigenvalue weighted by atomic mass is 9.94. The fourth-order valence-corrected chi connectivity index (χ4v) is 4.86. The number of imidazole rings is 1. The summed E-state index contributed by atoms with van der Waals surface area (Å²) < 4.78 is 7.04. The van der Waals surface area contributed by atoms with Crippen LogP contribution in [0, 0.1) is 17.8 Å². The van der Waals surface area contributed by atoms with E-state index in [-0.39, 0.29) is 17.7 Å². The monoisotopic (exact) mass is 541 g/mol. The Morgan fingerprint density at radius 3 is 2.74 bits per heavy atom. The molecular weight excluding hydrogens is 514 g/mol. The van der Waals surface area contributed by atoms with E-state index in [9.17, 15) is 20.1 Å². The Morgan fingerprint density at radius 2 is 2.03 bits per heavy atom. The highest BCUT2D eigenvalue weighted by Crippen LogP contribution is 2.32. The van der Waals surface area contributed by atoms with Crippen LogP contribution in [-0.4, -0.2) is 83.8 Å². The van der Waals surface area contributed by atoms with Crippen molar-refractivity contribution in [3.05, 3.63) is 41.4 Å². The van der Waals surface area contributed by atoms with Gasteiger partial charge in [0.05, 0.1) is 12.9 Å². The van der Waals surface area contributed by atoms with Gasteiger partial charge >= 0.3 is 6.03 Å². The molecule has 2 fully saturated rings. The van der Waals surface area contributed by atoms with Gasteiger partial charge in [-0.25, -0.2) is 19.7 Å². The fraction of sp³-hybridized carbons (Fsp3) is 0.440. The topological polar surface area (TPSA) is 172 Å². The first kappa shape index (κ1) is 26.1. The molecule has 2 aliphatic heterocycles. The second kappa shape index (κ2) is 11.1. The highest BCUT2D eigenvalue weighted by molar-refractivity contribution is 6.30. The van der Waals surface area contributed by atoms with E-state index in [0.717, 1.165) is 12.8 Å². The number of benzene rings is 1. The van der Waals surface area contributed by atoms with E-state index in [0.29, 0.717) is 47.3 Å². The third-order valence-corrected chi connectivity index (χ3v) is 7.04. The minimum absolute atomic E-state index is 0.129. The van der Waals surface area contributed by atoms with E-state index in [1.54, 1.807) is 29.2 Å². The minimum Gasteiger partial charge on any atom is -0.394 e. The summed E-state index contributed by atoms with van der Waals surface area (Å²) in [6.45, 7) is 0.802. The fourth-order valence-electron chi connectivity index (χ4n) is 4.67. The molecule has 4 heterocycles. The molecule has 6 N–H and O–H groups in total. The van der Waals surface area contributed by atoms with Crippen molar-refractivity contribution in [2.45, 2.75) is 43.8 Å². The molecule has 0 spiro atoms. The number of carbonyl (C=O) groups excluding carboxylic acids is 1. The number of halogens is 1. The van der Waals surface area contributed by atoms with Crippen molar-refractivity contribution < 1.29 is 24.9 Å². The molecule has 1 unspecified atom stereocenters. The van der Waals surface area contributed by atoms with Gasteiger partial charge in [-0.3, -0.25) is 4.57 Å². The summed E-state index contributed by atoms with van der Waals surface area (Å²) in [5.41, 5.74) is 7.34. The van der Waals surface area contributed by atoms with Crippen LogP contribution in [0.3, 0.4) is 0 Å². The van der Waals surface area contributed by atoms with E-state index in [1.807, 2.05) is 0 Å². The van der Waals surface area contributed by atoms with Crippen LogP contribution in [0.4, 0.5) is 16.3 Å². The molecule has 4 atom stereocenters. The number of nitrogen functional groups attached to an aromatic ring is 1. The number of aliphatic hydroxyl groups excluding tert-OH is 3. The summed E-state index contributed by atoms with van der Waals surface area (Å²) in [6.07, 6.45) is -0.828. The zero-order chi connectivity index (χ0) is 26.8. The highest BCUT2D eigenvalue weighted by Gasteiger charge is 2.44. The molecular formula is C25H28ClN7O5. The van der Waals surface area contributed by atoms with E-state index in [4.69, 9.17) is 22.1 Å². The Kier molecular flexibility index (Phi) is 7.64. The zero-order valence-electron chi connectivity index (χ0n) is 20.4. The molecule has 0 saturated carbocycles. The number of amides is 2. The van der Waals surface area contributed by atoms with Gasteiger partial charge < -0.3 is 36.0 Å². The van der Waals surface area contributed by atoms with Crippen LogP contribution in [0.5, 0.6) is 0 Å². The van der Waals surface area contributed by atoms with Gasteiger partial charge in [0.25, 0.3) is 0 Å². The van der Waals surface area contributed by atoms with Gasteiger partial charge in [-0.15, -0.1) is 0 Å². The van der Waals surface area contributed by atoms with E-state index < -0.39 is 31.1 Å². The number of anilines is 2. The molecule has 1 aromatic carbocycles. The number of aliphatic hydroxyl groups is 3. The molecule has 0 bridgehead atoms. The lowest BCUT2D eigenvalue weighted by Crippen LogP contribution is -2.41. The summed E-state index contributed by atoms with van der Waals surface area (Å²) in [5.74, 6) is 6.72. The maximum Gasteiger partial charge on any atom is 0.321 e. The molecule has 38 heavy (non-hydrogen) atoms. The number of carbonyl (C=O) groups is 1. The lowest BCUT2D eigenvalue weighted by Gasteiger charge is -2.31. The number of aromatic nitrogens is 4. The van der Waals surface area contributed by atoms with Crippen LogP contribution in [0.2, 0.25) is 5.02 Å². The van der Waals surface area contributed by atoms with E-state index >= 15 is 0 Å². The van der Waals surface area contributed by atoms with Gasteiger partial charge in [0, 0.05) is 30.2 Å². The van der Waals surface area contributed by atoms with E-state index in [2.05, 4.69) is 32.1 Å². The van der Waals surface area contributed by atoms with Gasteiger partial charge in [0.1, 0.15) is 23.8 Å². The van der Waals surface area contributed by atoms with Crippen molar-refractivity contribution >= 4 is 40.3 Å². The number of rotatable bonds is 4. The smallest absolute Gasteiger partial charge is 0.321 e. The van der Waals surface area contributed by atoms with Crippen LogP contribution < -0.4 is 11.1 Å². The maximum absolute atomic E-state index is 12.6. The van der Waals surface area contributed by atoms with Crippen LogP contribution in [0.15, 0.2) is 30.6 Å². The Balaban J connectivity index is 1.21. The Labute approximate surface area is 223 Å². The first-order valence-electron chi connectivity index (χ1n) is 12.3. The lowest BCUT2D eigenvalue weighted by molar-refractivity contribution is -0.0511. The Bertz CT molecular complexity index is 1380. The highest BCUT2D eigenvalue weighted by atomic mass is 35.5. The third-order valence-electron chi connectivity index (χ3n) is 6.81. The third kappa shape index (κ3) is 5.38. The molecule has 3 aromatic rings. The van der Waals surface area contributed by atoms with Crippen molar-refractivity contribution in [3.8, 4) is 11.8 Å². The van der Waals surface area contributed by atoms with Crippen molar-refractivity contribution in [2.24, 2.45) is 5.92 Å². The largest absolute Gasteiger partial charge is 0.394 e. The molecule has 12 nitrogen and oxygen atoms in total. The molecule has 0 aliphatic carbocycles. The number of ether oxygens (including phenoxy) is 1. The van der Waals surface area contributed by atoms with Gasteiger partial charge in [-0.2, -0.15) is 0 Å². The second-order valence-corrected chi connectivity index (χ2v) is 9.80. The van der Waals surface area contributed by atoms with Gasteiger partial charge in [0.15, 0.2) is 17.7 Å². The predicted molar refractivity (Wildman–Crippen MR) is 139 cm³/mol. The standard InChI is InChI=1S/C25H28ClN7O5/c26-15-4-2-5-16(11-15)29-25(37)32-9-7-14(8-10-32)3-1-6-18-30-22(27)19-23(31-18)33(13-28-19)24-21(36)20(35)17(12-34)38-24/h2,4-5,11,13-14,17,20-21,24,34-36H,3,7-10,12H2,(H,29,37)(H2,27,30,31)/t17-,20+,21?,24-/m1/s1. The van der Waals surface area contributed by atoms with Crippen LogP contribution in [0.25, 0.3) is 11.2 Å². The maximum atomic E-state index is 12.6. The summed E-state index contributed by atoms with van der Waals surface area (Å²) in [7, 11) is 0. The number of urea groups is 1. The molecule has 2 aliphatic rings. The van der Waals surface area contributed by atoms with Crippen LogP contribution >= 0.6 is 11.6 Å². The average Bonchev–Trinajstić information content (AvgIpc) is 3.45. The van der Waals surface area contributed by atoms with Crippen molar-refractivity contribution in [1.29, 1.82) is 0 Å². The summed E-state index contributed by atoms with van der Waals surface area (Å²) in [6, 6.07) is 6.89. The summed E-state index contributed by atoms with van der Waals surface area (Å²) in [4.78, 5) is 27.2. The normalized spacial score (nSPS) is 23.8. The predicted octanol–water partition coefficient (Wildman–Crippen LogP) is 1.36. The molecule has 13 heteroatoms. The number of nitrogens with one attached hydrogen (secondary N) is 1. The molecule has 200 valence electrons. The number of nitrogens with two attached hydrogens (primary N) is 1. The molecule has 2 aromatic heterocycles. The quantitative estimate of drug-likeness (QED) is 0.306. The van der Waals surface area contributed by atoms with Crippen LogP contribution in [0.1, 0.15) is 31.3 Å². The van der Waals surface area contributed by atoms with Gasteiger partial charge in [0.2, 0.25) is 5.82 Å². The number of likely N-dealkylation sites (tertiary alicyclic amines) is 1. The Morgan fingerprint density at radius 1 is 1.24 bits per heavy atom. The molecule has 5 rings (SSSR count). The molecule has 2 saturated heterocycles. The summed E-state index contributed by atoms with van der Waals surface area (Å²) >= 11 is 5.99. The first-order valence-corrected chi connectivity index (χ1v) is 12.6. The van der Waals surface area contributed by atoms with Crippen molar-refractivity contribution in [1.82, 2.24) is 24.4 Å². The molecule has 2 amide bonds. The van der Waals surface area contributed by atoms with Gasteiger partial charge in [-0.1, -0.05) is 23.6 Å². The Hall–Kier alpha value is -3.47. The number of fused-ring (bicyclic) bond motifs is 1. The number of piperidine rings is 1. The number of nitrogens with zero attached hydrogens (tertiary/aromatic N) is 5. The van der Waals surface area contributed by atoms with Gasteiger partial charge in [-0.05, 0) is 42.9 Å². The van der Waals surface area contributed by atoms with Crippen LogP contribution in [-0.2, 0) is 4.74 Å². The first-order chi connectivity index (χ1) is 18.3. The minimum atomic E-state index is -1.28. The second-order valence-electron chi connectivity index (χ2n) is 9.36. The van der Waals surface area contributed by atoms with Crippen molar-refractivity contribution in [3.63, 3.8) is 0 Å². The SMILES string of the molecule is Nc1nc(C#CCC2CCN(C(=O)Nc3cccc(Cl)c3)CC2)nc2c1ncn2[C@@H]1O[C@H](CO)[C@H](O)C1O. The molecule has 0 radical (unpaired) electrons. The number of hydrogen-bond acceptors (Lipinski definition) is 9. The van der Waals surface area contributed by atoms with Crippen molar-refractivity contribution in [2.75, 3.05) is 30.7 Å². The van der Waals surface area contributed by atoms with E-state index in [1.165, 1.54) is 10.9 Å². The average molecular weight is 542 g/mol. The zero-order valence-corrected chi connectivity index (χ0v) is 21.1. The summed E-state index contributed by atoms with van der Waals surface area (Å²) in [5, 5.41) is 33.3. The number of hydrogen-bond donors (Lipinski definition) is 5.